The van der Waals surface area contributed by atoms with Crippen molar-refractivity contribution in [3.05, 3.63) is 199 Å². The number of rotatable bonds is 6. The Bertz CT molecular complexity index is 2700. The van der Waals surface area contributed by atoms with Gasteiger partial charge in [-0.15, -0.1) is 0 Å². The number of ether oxygens (including phenoxy) is 1. The van der Waals surface area contributed by atoms with E-state index in [1.807, 2.05) is 0 Å². The van der Waals surface area contributed by atoms with Crippen LogP contribution >= 0.6 is 0 Å². The molecule has 0 aromatic heterocycles. The number of fused-ring (bicyclic) bond motifs is 6. The van der Waals surface area contributed by atoms with Gasteiger partial charge in [0.05, 0.1) is 5.69 Å². The Labute approximate surface area is 330 Å². The Morgan fingerprint density at radius 1 is 0.607 bits per heavy atom. The van der Waals surface area contributed by atoms with E-state index in [1.54, 1.807) is 0 Å². The molecule has 0 fully saturated rings. The molecule has 270 valence electrons. The van der Waals surface area contributed by atoms with Gasteiger partial charge in [-0.1, -0.05) is 123 Å². The second kappa shape index (κ2) is 13.2. The minimum absolute atomic E-state index is 0.0386. The second-order valence-electron chi connectivity index (χ2n) is 15.2. The fraction of sp³-hybridized carbons (Fsp3) is 0.0980. The maximum Gasteiger partial charge on any atom is 0.252 e. The van der Waals surface area contributed by atoms with Crippen LogP contribution in [0.2, 0.25) is 0 Å². The molecule has 7 aromatic rings. The van der Waals surface area contributed by atoms with Gasteiger partial charge in [0.15, 0.2) is 5.75 Å². The van der Waals surface area contributed by atoms with Gasteiger partial charge in [-0.2, -0.15) is 0 Å². The number of allylic oxidation sites excluding steroid dienone is 3. The van der Waals surface area contributed by atoms with Gasteiger partial charge in [-0.3, -0.25) is 0 Å². The molecule has 10 rings (SSSR count). The molecule has 0 saturated carbocycles. The third kappa shape index (κ3) is 5.07. The van der Waals surface area contributed by atoms with Crippen LogP contribution in [0.4, 0.5) is 45.5 Å². The Morgan fingerprint density at radius 2 is 1.27 bits per heavy atom. The summed E-state index contributed by atoms with van der Waals surface area (Å²) in [5, 5.41) is 0. The van der Waals surface area contributed by atoms with Crippen LogP contribution in [0.3, 0.4) is 0 Å². The number of anilines is 8. The van der Waals surface area contributed by atoms with E-state index in [-0.39, 0.29) is 12.1 Å². The molecule has 0 radical (unpaired) electrons. The van der Waals surface area contributed by atoms with Crippen LogP contribution in [0.25, 0.3) is 0 Å². The second-order valence-corrected chi connectivity index (χ2v) is 15.2. The van der Waals surface area contributed by atoms with Crippen LogP contribution in [-0.2, 0) is 5.41 Å². The van der Waals surface area contributed by atoms with Gasteiger partial charge in [0.1, 0.15) is 5.75 Å². The molecular weight excluding hydrogens is 681 g/mol. The largest absolute Gasteiger partial charge is 0.455 e. The van der Waals surface area contributed by atoms with E-state index in [0.717, 1.165) is 45.6 Å². The first-order chi connectivity index (χ1) is 27.5. The van der Waals surface area contributed by atoms with Crippen LogP contribution in [0, 0.1) is 0 Å². The fourth-order valence-electron chi connectivity index (χ4n) is 9.24. The van der Waals surface area contributed by atoms with Crippen molar-refractivity contribution < 1.29 is 4.74 Å². The maximum atomic E-state index is 6.90. The summed E-state index contributed by atoms with van der Waals surface area (Å²) in [5.41, 5.74) is 16.1. The topological polar surface area (TPSA) is 19.0 Å². The average Bonchev–Trinajstić information content (AvgIpc) is 3.24. The van der Waals surface area contributed by atoms with Crippen molar-refractivity contribution in [2.75, 3.05) is 14.7 Å². The van der Waals surface area contributed by atoms with Crippen molar-refractivity contribution in [2.45, 2.75) is 33.1 Å². The lowest BCUT2D eigenvalue weighted by Crippen LogP contribution is -2.61. The molecule has 0 bridgehead atoms. The molecule has 3 heterocycles. The van der Waals surface area contributed by atoms with Crippen LogP contribution in [0.15, 0.2) is 188 Å². The number of nitrogens with zero attached hydrogens (tertiary/aromatic N) is 3. The minimum atomic E-state index is -0.244. The molecule has 0 N–H and O–H groups in total. The number of para-hydroxylation sites is 5. The summed E-state index contributed by atoms with van der Waals surface area (Å²) in [6.07, 6.45) is 6.54. The van der Waals surface area contributed by atoms with Crippen molar-refractivity contribution in [1.82, 2.24) is 0 Å². The van der Waals surface area contributed by atoms with Crippen LogP contribution in [-0.4, -0.2) is 6.71 Å². The molecule has 0 aliphatic carbocycles. The highest BCUT2D eigenvalue weighted by Gasteiger charge is 2.43. The van der Waals surface area contributed by atoms with Crippen molar-refractivity contribution >= 4 is 68.6 Å². The molecule has 5 heteroatoms. The molecule has 56 heavy (non-hydrogen) atoms. The highest BCUT2D eigenvalue weighted by Crippen LogP contribution is 2.54. The van der Waals surface area contributed by atoms with E-state index in [1.165, 1.54) is 44.6 Å². The lowest BCUT2D eigenvalue weighted by atomic mass is 9.33. The molecular formula is C51H42BN3O. The zero-order chi connectivity index (χ0) is 38.0. The van der Waals surface area contributed by atoms with Gasteiger partial charge >= 0.3 is 0 Å². The predicted molar refractivity (Wildman–Crippen MR) is 236 cm³/mol. The lowest BCUT2D eigenvalue weighted by Gasteiger charge is -2.44. The van der Waals surface area contributed by atoms with E-state index >= 15 is 0 Å². The Kier molecular flexibility index (Phi) is 8.00. The maximum absolute atomic E-state index is 6.90. The first kappa shape index (κ1) is 33.8. The Hall–Kier alpha value is -6.72. The van der Waals surface area contributed by atoms with Gasteiger partial charge < -0.3 is 19.4 Å². The average molecular weight is 724 g/mol. The third-order valence-corrected chi connectivity index (χ3v) is 11.7. The SMILES string of the molecule is C/C=C\C(=C/C)N1c2ccccc2B2c3ccc(N(c4ccccc4)c4cccc5c4Oc4ccccc4C5(C)C)cc3N(c3ccccc3)c3cccc1c32. The predicted octanol–water partition coefficient (Wildman–Crippen LogP) is 11.8. The van der Waals surface area contributed by atoms with E-state index in [0.29, 0.717) is 0 Å². The van der Waals surface area contributed by atoms with Gasteiger partial charge in [0.2, 0.25) is 0 Å². The molecule has 3 aliphatic heterocycles. The summed E-state index contributed by atoms with van der Waals surface area (Å²) < 4.78 is 6.90. The number of benzene rings is 7. The molecule has 3 aliphatic rings. The van der Waals surface area contributed by atoms with Gasteiger partial charge in [0.25, 0.3) is 6.71 Å². The van der Waals surface area contributed by atoms with E-state index in [4.69, 9.17) is 4.74 Å². The van der Waals surface area contributed by atoms with Crippen molar-refractivity contribution in [3.63, 3.8) is 0 Å². The number of hydrogen-bond acceptors (Lipinski definition) is 4. The zero-order valence-corrected chi connectivity index (χ0v) is 32.1. The lowest BCUT2D eigenvalue weighted by molar-refractivity contribution is 0.419. The first-order valence-electron chi connectivity index (χ1n) is 19.6. The fourth-order valence-corrected chi connectivity index (χ4v) is 9.24. The smallest absolute Gasteiger partial charge is 0.252 e. The summed E-state index contributed by atoms with van der Waals surface area (Å²) in [6.45, 7) is 8.85. The van der Waals surface area contributed by atoms with Crippen molar-refractivity contribution in [3.8, 4) is 11.5 Å². The summed E-state index contributed by atoms with van der Waals surface area (Å²) in [5.74, 6) is 1.79. The Morgan fingerprint density at radius 3 is 2.07 bits per heavy atom. The summed E-state index contributed by atoms with van der Waals surface area (Å²) in [6, 6.07) is 59.3. The van der Waals surface area contributed by atoms with Crippen LogP contribution in [0.1, 0.15) is 38.8 Å². The molecule has 7 aromatic carbocycles. The molecule has 0 unspecified atom stereocenters. The zero-order valence-electron chi connectivity index (χ0n) is 32.1. The van der Waals surface area contributed by atoms with E-state index < -0.39 is 0 Å². The molecule has 0 spiro atoms. The van der Waals surface area contributed by atoms with Gasteiger partial charge in [0, 0.05) is 62.1 Å². The first-order valence-corrected chi connectivity index (χ1v) is 19.6. The van der Waals surface area contributed by atoms with Crippen LogP contribution in [0.5, 0.6) is 11.5 Å². The normalized spacial score (nSPS) is 14.6. The highest BCUT2D eigenvalue weighted by molar-refractivity contribution is 7.00. The summed E-state index contributed by atoms with van der Waals surface area (Å²) in [4.78, 5) is 7.26. The third-order valence-electron chi connectivity index (χ3n) is 11.7. The summed E-state index contributed by atoms with van der Waals surface area (Å²) >= 11 is 0. The van der Waals surface area contributed by atoms with E-state index in [2.05, 4.69) is 224 Å². The van der Waals surface area contributed by atoms with Gasteiger partial charge in [-0.25, -0.2) is 0 Å². The van der Waals surface area contributed by atoms with Crippen molar-refractivity contribution in [1.29, 1.82) is 0 Å². The molecule has 4 nitrogen and oxygen atoms in total. The standard InChI is InChI=1S/C51H42BN3O/c1-5-19-35(6-2)54-43-27-15-14-26-41(43)52-42-33-32-38(34-47(42)55(37-22-11-8-12-23-37)45-29-18-28-44(54)49(45)52)53(36-20-9-7-10-21-36)46-30-17-25-40-50(46)56-48-31-16-13-24-39(48)51(40,3)4/h5-34H,1-4H3/b19-5-,35-6+. The van der Waals surface area contributed by atoms with Crippen LogP contribution < -0.4 is 35.8 Å². The number of hydrogen-bond donors (Lipinski definition) is 0. The molecule has 0 atom stereocenters. The Balaban J connectivity index is 1.22. The molecule has 0 saturated heterocycles. The summed E-state index contributed by atoms with van der Waals surface area (Å²) in [7, 11) is 0. The minimum Gasteiger partial charge on any atom is -0.455 e. The van der Waals surface area contributed by atoms with Crippen molar-refractivity contribution in [2.24, 2.45) is 0 Å². The quantitative estimate of drug-likeness (QED) is 0.126. The monoisotopic (exact) mass is 723 g/mol. The highest BCUT2D eigenvalue weighted by atomic mass is 16.5. The van der Waals surface area contributed by atoms with E-state index in [9.17, 15) is 0 Å². The van der Waals surface area contributed by atoms with Gasteiger partial charge in [-0.05, 0) is 103 Å². The molecule has 0 amide bonds.